The van der Waals surface area contributed by atoms with Gasteiger partial charge in [0.25, 0.3) is 5.56 Å². The van der Waals surface area contributed by atoms with Gasteiger partial charge in [-0.1, -0.05) is 12.1 Å². The molecule has 0 aliphatic rings. The van der Waals surface area contributed by atoms with Gasteiger partial charge in [0.1, 0.15) is 5.52 Å². The van der Waals surface area contributed by atoms with Crippen LogP contribution in [0.2, 0.25) is 0 Å². The van der Waals surface area contributed by atoms with Crippen molar-refractivity contribution in [2.45, 2.75) is 36.0 Å². The van der Waals surface area contributed by atoms with Gasteiger partial charge in [-0.25, -0.2) is 4.79 Å². The Hall–Kier alpha value is -2.97. The van der Waals surface area contributed by atoms with Crippen LogP contribution in [-0.4, -0.2) is 44.7 Å². The van der Waals surface area contributed by atoms with Crippen molar-refractivity contribution >= 4 is 34.1 Å². The summed E-state index contributed by atoms with van der Waals surface area (Å²) in [6.45, 7) is 0.615. The molecule has 5 nitrogen and oxygen atoms in total. The first-order valence-electron chi connectivity index (χ1n) is 9.65. The Labute approximate surface area is 198 Å². The number of carbonyl (C=O) groups is 1. The minimum Gasteiger partial charge on any atom is -0.462 e. The van der Waals surface area contributed by atoms with E-state index in [-0.39, 0.29) is 11.0 Å². The van der Waals surface area contributed by atoms with Crippen molar-refractivity contribution in [2.24, 2.45) is 7.05 Å². The molecule has 0 bridgehead atoms. The summed E-state index contributed by atoms with van der Waals surface area (Å²) < 4.78 is 147. The van der Waals surface area contributed by atoms with E-state index in [0.29, 0.717) is 15.2 Å². The number of aryl methyl sites for hydroxylation is 1. The monoisotopic (exact) mass is 554 g/mol. The predicted octanol–water partition coefficient (Wildman–Crippen LogP) is 5.80. The SMILES string of the molecule is CCOC(=O)c1cn2c(c1C(F)(F)C(F)(F)C(F)(F)C(F)(F)C(F)(F)Cl)c(=O)n(C)c1ccccc12. The Morgan fingerprint density at radius 1 is 0.917 bits per heavy atom. The molecule has 2 heterocycles. The summed E-state index contributed by atoms with van der Waals surface area (Å²) in [5, 5.41) is -6.39. The molecule has 0 atom stereocenters. The number of carbonyl (C=O) groups excluding carboxylic acids is 1. The smallest absolute Gasteiger partial charge is 0.393 e. The van der Waals surface area contributed by atoms with Gasteiger partial charge in [-0.05, 0) is 30.7 Å². The number of hydrogen-bond acceptors (Lipinski definition) is 3. The molecule has 2 aromatic heterocycles. The van der Waals surface area contributed by atoms with E-state index >= 15 is 8.78 Å². The van der Waals surface area contributed by atoms with E-state index in [0.717, 1.165) is 14.0 Å². The van der Waals surface area contributed by atoms with Crippen LogP contribution in [-0.2, 0) is 17.7 Å². The number of alkyl halides is 11. The Balaban J connectivity index is 2.50. The van der Waals surface area contributed by atoms with Crippen molar-refractivity contribution in [3.63, 3.8) is 0 Å². The number of hydrogen-bond donors (Lipinski definition) is 0. The molecule has 0 radical (unpaired) electrons. The summed E-state index contributed by atoms with van der Waals surface area (Å²) in [5.74, 6) is -30.3. The second kappa shape index (κ2) is 8.28. The second-order valence-corrected chi connectivity index (χ2v) is 7.98. The van der Waals surface area contributed by atoms with Gasteiger partial charge in [0.2, 0.25) is 0 Å². The predicted molar refractivity (Wildman–Crippen MR) is 106 cm³/mol. The largest absolute Gasteiger partial charge is 0.462 e. The van der Waals surface area contributed by atoms with Crippen molar-refractivity contribution in [3.05, 3.63) is 51.9 Å². The molecule has 0 unspecified atom stereocenters. The van der Waals surface area contributed by atoms with Crippen LogP contribution in [0.25, 0.3) is 16.6 Å². The first kappa shape index (κ1) is 27.6. The second-order valence-electron chi connectivity index (χ2n) is 7.51. The fourth-order valence-corrected chi connectivity index (χ4v) is 3.66. The first-order valence-corrected chi connectivity index (χ1v) is 10.0. The number of nitrogens with zero attached hydrogens (tertiary/aromatic N) is 2. The number of rotatable bonds is 7. The molecule has 0 amide bonds. The number of halogens is 11. The van der Waals surface area contributed by atoms with Crippen molar-refractivity contribution < 1.29 is 53.4 Å². The Morgan fingerprint density at radius 2 is 1.44 bits per heavy atom. The van der Waals surface area contributed by atoms with Crippen LogP contribution >= 0.6 is 11.6 Å². The third-order valence-electron chi connectivity index (χ3n) is 5.36. The fourth-order valence-electron chi connectivity index (χ4n) is 3.54. The lowest BCUT2D eigenvalue weighted by atomic mass is 9.92. The molecule has 3 rings (SSSR count). The number of ether oxygens (including phenoxy) is 1. The number of esters is 1. The number of para-hydroxylation sites is 2. The lowest BCUT2D eigenvalue weighted by Crippen LogP contribution is -2.65. The lowest BCUT2D eigenvalue weighted by molar-refractivity contribution is -0.393. The molecule has 0 fully saturated rings. The summed E-state index contributed by atoms with van der Waals surface area (Å²) in [4.78, 5) is 25.2. The lowest BCUT2D eigenvalue weighted by Gasteiger charge is -2.37. The molecule has 0 saturated heterocycles. The molecular formula is C20H13ClF10N2O3. The van der Waals surface area contributed by atoms with Gasteiger partial charge in [0.05, 0.1) is 28.8 Å². The van der Waals surface area contributed by atoms with Crippen LogP contribution in [0.15, 0.2) is 35.3 Å². The molecule has 0 aliphatic carbocycles. The zero-order valence-electron chi connectivity index (χ0n) is 17.9. The van der Waals surface area contributed by atoms with Crippen molar-refractivity contribution in [1.29, 1.82) is 0 Å². The first-order chi connectivity index (χ1) is 16.3. The maximum atomic E-state index is 15.3. The van der Waals surface area contributed by atoms with E-state index in [1.54, 1.807) is 0 Å². The van der Waals surface area contributed by atoms with E-state index in [1.165, 1.54) is 24.3 Å². The third kappa shape index (κ3) is 3.53. The Morgan fingerprint density at radius 3 is 1.94 bits per heavy atom. The van der Waals surface area contributed by atoms with Gasteiger partial charge in [0.15, 0.2) is 0 Å². The maximum Gasteiger partial charge on any atom is 0.393 e. The highest BCUT2D eigenvalue weighted by Gasteiger charge is 2.86. The van der Waals surface area contributed by atoms with Gasteiger partial charge in [-0.3, -0.25) is 4.79 Å². The summed E-state index contributed by atoms with van der Waals surface area (Å²) in [6, 6.07) is 5.15. The summed E-state index contributed by atoms with van der Waals surface area (Å²) in [7, 11) is 0.985. The van der Waals surface area contributed by atoms with Gasteiger partial charge in [0, 0.05) is 13.2 Å². The van der Waals surface area contributed by atoms with Crippen LogP contribution in [0.5, 0.6) is 0 Å². The zero-order valence-corrected chi connectivity index (χ0v) is 18.6. The standard InChI is InChI=1S/C20H13ClF10N2O3/c1-3-36-15(35)9-8-33-11-7-5-4-6-10(11)32(2)14(34)13(33)12(9)16(22,23)17(24,25)18(26,27)19(28,29)20(21,30)31/h4-8H,3H2,1-2H3. The minimum atomic E-state index is -7.49. The van der Waals surface area contributed by atoms with Gasteiger partial charge in [-0.2, -0.15) is 43.9 Å². The molecule has 198 valence electrons. The van der Waals surface area contributed by atoms with Crippen LogP contribution in [0.1, 0.15) is 22.8 Å². The average molecular weight is 555 g/mol. The number of benzene rings is 1. The van der Waals surface area contributed by atoms with Gasteiger partial charge < -0.3 is 13.7 Å². The van der Waals surface area contributed by atoms with E-state index in [9.17, 15) is 44.7 Å². The van der Waals surface area contributed by atoms with E-state index in [1.807, 2.05) is 0 Å². The van der Waals surface area contributed by atoms with Crippen LogP contribution in [0.4, 0.5) is 43.9 Å². The maximum absolute atomic E-state index is 15.3. The molecule has 0 saturated carbocycles. The normalized spacial score (nSPS) is 14.0. The van der Waals surface area contributed by atoms with Crippen LogP contribution in [0.3, 0.4) is 0 Å². The molecule has 0 N–H and O–H groups in total. The van der Waals surface area contributed by atoms with Crippen molar-refractivity contribution in [3.8, 4) is 0 Å². The summed E-state index contributed by atoms with van der Waals surface area (Å²) in [6.07, 6.45) is 0.392. The Bertz CT molecular complexity index is 1410. The summed E-state index contributed by atoms with van der Waals surface area (Å²) in [5.41, 5.74) is -7.18. The van der Waals surface area contributed by atoms with E-state index in [4.69, 9.17) is 0 Å². The highest BCUT2D eigenvalue weighted by molar-refractivity contribution is 6.22. The molecule has 16 heteroatoms. The van der Waals surface area contributed by atoms with Crippen LogP contribution in [0, 0.1) is 0 Å². The Kier molecular flexibility index (Phi) is 6.35. The number of fused-ring (bicyclic) bond motifs is 3. The van der Waals surface area contributed by atoms with Gasteiger partial charge in [-0.15, -0.1) is 0 Å². The van der Waals surface area contributed by atoms with Gasteiger partial charge >= 0.3 is 35.0 Å². The quantitative estimate of drug-likeness (QED) is 0.211. The average Bonchev–Trinajstić information content (AvgIpc) is 3.18. The topological polar surface area (TPSA) is 52.7 Å². The minimum absolute atomic E-state index is 0.000630. The van der Waals surface area contributed by atoms with Crippen molar-refractivity contribution in [1.82, 2.24) is 8.97 Å². The molecule has 0 spiro atoms. The fraction of sp³-hybridized carbons (Fsp3) is 0.400. The molecule has 1 aromatic carbocycles. The molecule has 0 aliphatic heterocycles. The molecular weight excluding hydrogens is 542 g/mol. The number of aromatic nitrogens is 2. The third-order valence-corrected chi connectivity index (χ3v) is 5.60. The molecule has 3 aromatic rings. The highest BCUT2D eigenvalue weighted by atomic mass is 35.5. The van der Waals surface area contributed by atoms with E-state index < -0.39 is 63.9 Å². The summed E-state index contributed by atoms with van der Waals surface area (Å²) >= 11 is 3.85. The highest BCUT2D eigenvalue weighted by Crippen LogP contribution is 2.61. The van der Waals surface area contributed by atoms with Crippen molar-refractivity contribution in [2.75, 3.05) is 6.61 Å². The van der Waals surface area contributed by atoms with E-state index in [2.05, 4.69) is 16.3 Å². The zero-order chi connectivity index (χ0) is 27.6. The molecule has 36 heavy (non-hydrogen) atoms. The van der Waals surface area contributed by atoms with Crippen LogP contribution < -0.4 is 5.56 Å².